The Hall–Kier alpha value is -2.45. The van der Waals surface area contributed by atoms with E-state index in [1.165, 1.54) is 11.3 Å². The van der Waals surface area contributed by atoms with Gasteiger partial charge in [-0.3, -0.25) is 9.59 Å². The van der Waals surface area contributed by atoms with Gasteiger partial charge in [-0.15, -0.1) is 11.3 Å². The average Bonchev–Trinajstić information content (AvgIpc) is 3.42. The van der Waals surface area contributed by atoms with Gasteiger partial charge >= 0.3 is 0 Å². The predicted molar refractivity (Wildman–Crippen MR) is 117 cm³/mol. The number of benzene rings is 1. The molecule has 0 bridgehead atoms. The van der Waals surface area contributed by atoms with Crippen molar-refractivity contribution in [3.8, 4) is 0 Å². The number of piperidine rings is 1. The van der Waals surface area contributed by atoms with E-state index in [-0.39, 0.29) is 17.7 Å². The third-order valence-electron chi connectivity index (χ3n) is 5.02. The van der Waals surface area contributed by atoms with E-state index in [4.69, 9.17) is 0 Å². The van der Waals surface area contributed by atoms with Crippen molar-refractivity contribution in [2.75, 3.05) is 18.4 Å². The van der Waals surface area contributed by atoms with E-state index in [9.17, 15) is 9.59 Å². The molecule has 0 saturated carbocycles. The normalized spacial score (nSPS) is 16.6. The smallest absolute Gasteiger partial charge is 0.263 e. The molecule has 1 saturated heterocycles. The highest BCUT2D eigenvalue weighted by Crippen LogP contribution is 2.22. The van der Waals surface area contributed by atoms with Crippen LogP contribution in [0.5, 0.6) is 0 Å². The summed E-state index contributed by atoms with van der Waals surface area (Å²) in [6, 6.07) is 13.5. The summed E-state index contributed by atoms with van der Waals surface area (Å²) in [6.07, 6.45) is 3.29. The minimum atomic E-state index is -0.219. The first-order valence-corrected chi connectivity index (χ1v) is 11.2. The minimum Gasteiger partial charge on any atom is -0.337 e. The Morgan fingerprint density at radius 2 is 2.03 bits per heavy atom. The van der Waals surface area contributed by atoms with Crippen LogP contribution in [-0.2, 0) is 11.3 Å². The zero-order chi connectivity index (χ0) is 20.2. The van der Waals surface area contributed by atoms with Crippen molar-refractivity contribution in [3.05, 3.63) is 69.0 Å². The fourth-order valence-electron chi connectivity index (χ4n) is 3.49. The standard InChI is InChI=1S/C21H21BrN4O2S/c22-17-7-5-15(6-8-17)13-26-19(9-10-23-26)24-20(27)16-3-1-11-25(14-16)21(28)18-4-2-12-29-18/h2,4-10,12,16H,1,3,11,13-14H2,(H,24,27). The summed E-state index contributed by atoms with van der Waals surface area (Å²) in [7, 11) is 0. The molecule has 4 rings (SSSR count). The molecule has 0 aliphatic carbocycles. The summed E-state index contributed by atoms with van der Waals surface area (Å²) < 4.78 is 2.80. The number of hydrogen-bond acceptors (Lipinski definition) is 4. The van der Waals surface area contributed by atoms with Gasteiger partial charge in [0.2, 0.25) is 5.91 Å². The Balaban J connectivity index is 1.40. The van der Waals surface area contributed by atoms with Gasteiger partial charge in [-0.05, 0) is 42.0 Å². The second-order valence-corrected chi connectivity index (χ2v) is 8.92. The molecule has 1 aliphatic heterocycles. The highest BCUT2D eigenvalue weighted by Gasteiger charge is 2.29. The average molecular weight is 473 g/mol. The van der Waals surface area contributed by atoms with Gasteiger partial charge in [0.15, 0.2) is 0 Å². The molecule has 0 spiro atoms. The van der Waals surface area contributed by atoms with Crippen molar-refractivity contribution in [3.63, 3.8) is 0 Å². The number of hydrogen-bond donors (Lipinski definition) is 1. The summed E-state index contributed by atoms with van der Waals surface area (Å²) in [6.45, 7) is 1.72. The zero-order valence-electron chi connectivity index (χ0n) is 15.8. The number of carbonyl (C=O) groups is 2. The molecule has 1 atom stereocenters. The number of amides is 2. The molecule has 6 nitrogen and oxygen atoms in total. The molecule has 1 aromatic carbocycles. The van der Waals surface area contributed by atoms with Crippen LogP contribution in [0.25, 0.3) is 0 Å². The summed E-state index contributed by atoms with van der Waals surface area (Å²) in [5.74, 6) is 0.396. The first-order chi connectivity index (χ1) is 14.1. The van der Waals surface area contributed by atoms with Crippen molar-refractivity contribution >= 4 is 44.9 Å². The number of nitrogens with zero attached hydrogens (tertiary/aromatic N) is 3. The van der Waals surface area contributed by atoms with Gasteiger partial charge in [-0.1, -0.05) is 34.1 Å². The van der Waals surface area contributed by atoms with Crippen LogP contribution in [0.15, 0.2) is 58.5 Å². The van der Waals surface area contributed by atoms with Gasteiger partial charge in [-0.2, -0.15) is 5.10 Å². The van der Waals surface area contributed by atoms with Gasteiger partial charge in [-0.25, -0.2) is 4.68 Å². The maximum Gasteiger partial charge on any atom is 0.263 e. The van der Waals surface area contributed by atoms with Crippen molar-refractivity contribution in [1.29, 1.82) is 0 Å². The maximum atomic E-state index is 12.9. The molecule has 150 valence electrons. The van der Waals surface area contributed by atoms with Gasteiger partial charge in [0.25, 0.3) is 5.91 Å². The number of likely N-dealkylation sites (tertiary alicyclic amines) is 1. The van der Waals surface area contributed by atoms with Gasteiger partial charge < -0.3 is 10.2 Å². The lowest BCUT2D eigenvalue weighted by atomic mass is 9.97. The van der Waals surface area contributed by atoms with E-state index in [2.05, 4.69) is 26.3 Å². The number of nitrogens with one attached hydrogen (secondary N) is 1. The molecular weight excluding hydrogens is 452 g/mol. The van der Waals surface area contributed by atoms with Crippen LogP contribution in [0.4, 0.5) is 5.82 Å². The Labute approximate surface area is 181 Å². The molecule has 3 heterocycles. The second-order valence-electron chi connectivity index (χ2n) is 7.06. The molecule has 8 heteroatoms. The Morgan fingerprint density at radius 1 is 1.21 bits per heavy atom. The molecular formula is C21H21BrN4O2S. The topological polar surface area (TPSA) is 67.2 Å². The first kappa shape index (κ1) is 19.8. The SMILES string of the molecule is O=C(Nc1ccnn1Cc1ccc(Br)cc1)C1CCCN(C(=O)c2cccs2)C1. The maximum absolute atomic E-state index is 12.9. The third-order valence-corrected chi connectivity index (χ3v) is 6.41. The molecule has 0 radical (unpaired) electrons. The first-order valence-electron chi connectivity index (χ1n) is 9.50. The van der Waals surface area contributed by atoms with Crippen molar-refractivity contribution in [2.24, 2.45) is 5.92 Å². The summed E-state index contributed by atoms with van der Waals surface area (Å²) in [5, 5.41) is 9.24. The fourth-order valence-corrected chi connectivity index (χ4v) is 4.44. The number of thiophene rings is 1. The molecule has 29 heavy (non-hydrogen) atoms. The van der Waals surface area contributed by atoms with Gasteiger partial charge in [0, 0.05) is 23.6 Å². The van der Waals surface area contributed by atoms with E-state index >= 15 is 0 Å². The van der Waals surface area contributed by atoms with Gasteiger partial charge in [0.1, 0.15) is 5.82 Å². The highest BCUT2D eigenvalue weighted by molar-refractivity contribution is 9.10. The van der Waals surface area contributed by atoms with Crippen LogP contribution in [-0.4, -0.2) is 39.6 Å². The lowest BCUT2D eigenvalue weighted by Crippen LogP contribution is -2.43. The molecule has 1 fully saturated rings. The van der Waals surface area contributed by atoms with E-state index in [0.717, 1.165) is 27.8 Å². The van der Waals surface area contributed by atoms with Crippen LogP contribution in [0.1, 0.15) is 28.1 Å². The van der Waals surface area contributed by atoms with Crippen LogP contribution in [0.2, 0.25) is 0 Å². The minimum absolute atomic E-state index is 0.0118. The Kier molecular flexibility index (Phi) is 6.10. The highest BCUT2D eigenvalue weighted by atomic mass is 79.9. The fraction of sp³-hybridized carbons (Fsp3) is 0.286. The largest absolute Gasteiger partial charge is 0.337 e. The molecule has 1 N–H and O–H groups in total. The van der Waals surface area contributed by atoms with E-state index < -0.39 is 0 Å². The summed E-state index contributed by atoms with van der Waals surface area (Å²) in [5.41, 5.74) is 1.10. The monoisotopic (exact) mass is 472 g/mol. The number of rotatable bonds is 5. The molecule has 1 unspecified atom stereocenters. The quantitative estimate of drug-likeness (QED) is 0.603. The van der Waals surface area contributed by atoms with Crippen molar-refractivity contribution in [1.82, 2.24) is 14.7 Å². The van der Waals surface area contributed by atoms with E-state index in [0.29, 0.717) is 25.5 Å². The number of anilines is 1. The Bertz CT molecular complexity index is 985. The van der Waals surface area contributed by atoms with Crippen LogP contribution in [0, 0.1) is 5.92 Å². The number of carbonyl (C=O) groups excluding carboxylic acids is 2. The Morgan fingerprint density at radius 3 is 2.79 bits per heavy atom. The number of halogens is 1. The molecule has 3 aromatic rings. The molecule has 2 aromatic heterocycles. The third kappa shape index (κ3) is 4.76. The van der Waals surface area contributed by atoms with Gasteiger partial charge in [0.05, 0.1) is 23.5 Å². The van der Waals surface area contributed by atoms with Crippen LogP contribution in [0.3, 0.4) is 0 Å². The van der Waals surface area contributed by atoms with Crippen LogP contribution < -0.4 is 5.32 Å². The van der Waals surface area contributed by atoms with E-state index in [1.54, 1.807) is 21.8 Å². The van der Waals surface area contributed by atoms with E-state index in [1.807, 2.05) is 41.8 Å². The second kappa shape index (κ2) is 8.92. The zero-order valence-corrected chi connectivity index (χ0v) is 18.2. The molecule has 2 amide bonds. The van der Waals surface area contributed by atoms with Crippen molar-refractivity contribution in [2.45, 2.75) is 19.4 Å². The predicted octanol–water partition coefficient (Wildman–Crippen LogP) is 4.25. The van der Waals surface area contributed by atoms with Crippen molar-refractivity contribution < 1.29 is 9.59 Å². The summed E-state index contributed by atoms with van der Waals surface area (Å²) in [4.78, 5) is 28.0. The van der Waals surface area contributed by atoms with Crippen LogP contribution >= 0.6 is 27.3 Å². The molecule has 1 aliphatic rings. The lowest BCUT2D eigenvalue weighted by molar-refractivity contribution is -0.121. The lowest BCUT2D eigenvalue weighted by Gasteiger charge is -2.31. The summed E-state index contributed by atoms with van der Waals surface area (Å²) >= 11 is 4.87. The number of aromatic nitrogens is 2.